The molecule has 0 aliphatic carbocycles. The van der Waals surface area contributed by atoms with Gasteiger partial charge in [-0.1, -0.05) is 17.7 Å². The lowest BCUT2D eigenvalue weighted by molar-refractivity contribution is 0.567. The molecule has 0 spiro atoms. The summed E-state index contributed by atoms with van der Waals surface area (Å²) < 4.78 is 28.1. The van der Waals surface area contributed by atoms with Gasteiger partial charge in [-0.15, -0.1) is 0 Å². The van der Waals surface area contributed by atoms with E-state index in [1.54, 1.807) is 12.1 Å². The molecule has 0 aliphatic rings. The van der Waals surface area contributed by atoms with E-state index < -0.39 is 15.7 Å². The molecule has 0 aliphatic heterocycles. The van der Waals surface area contributed by atoms with Crippen molar-refractivity contribution in [1.82, 2.24) is 19.3 Å². The first-order valence-corrected chi connectivity index (χ1v) is 9.82. The molecule has 0 unspecified atom stereocenters. The van der Waals surface area contributed by atoms with Crippen molar-refractivity contribution in [2.45, 2.75) is 32.2 Å². The van der Waals surface area contributed by atoms with Gasteiger partial charge in [0.2, 0.25) is 21.9 Å². The second-order valence-corrected chi connectivity index (χ2v) is 7.47. The Morgan fingerprint density at radius 3 is 2.31 bits per heavy atom. The molecular weight excluding hydrogens is 356 g/mol. The third kappa shape index (κ3) is 4.58. The molecule has 0 atom stereocenters. The number of nitrogens with one attached hydrogen (secondary N) is 1. The van der Waals surface area contributed by atoms with Gasteiger partial charge in [0.25, 0.3) is 0 Å². The van der Waals surface area contributed by atoms with Crippen LogP contribution in [0.1, 0.15) is 19.4 Å². The van der Waals surface area contributed by atoms with Crippen LogP contribution < -0.4 is 21.0 Å². The van der Waals surface area contributed by atoms with Crippen LogP contribution in [0.2, 0.25) is 0 Å². The molecule has 1 aromatic heterocycles. The summed E-state index contributed by atoms with van der Waals surface area (Å²) in [6.07, 6.45) is 0. The van der Waals surface area contributed by atoms with Crippen molar-refractivity contribution in [3.8, 4) is 0 Å². The maximum atomic E-state index is 12.3. The predicted molar refractivity (Wildman–Crippen MR) is 101 cm³/mol. The lowest BCUT2D eigenvalue weighted by Gasteiger charge is -2.19. The van der Waals surface area contributed by atoms with E-state index in [0.29, 0.717) is 13.1 Å². The zero-order valence-corrected chi connectivity index (χ0v) is 16.0. The van der Waals surface area contributed by atoms with E-state index in [2.05, 4.69) is 14.7 Å². The lowest BCUT2D eigenvalue weighted by atomic mass is 10.2. The smallest absolute Gasteiger partial charge is 0.353 e. The van der Waals surface area contributed by atoms with Crippen molar-refractivity contribution >= 4 is 21.9 Å². The maximum absolute atomic E-state index is 12.3. The zero-order valence-electron chi connectivity index (χ0n) is 15.1. The Hall–Kier alpha value is -2.46. The van der Waals surface area contributed by atoms with Crippen molar-refractivity contribution in [2.24, 2.45) is 0 Å². The second-order valence-electron chi connectivity index (χ2n) is 5.70. The van der Waals surface area contributed by atoms with Crippen molar-refractivity contribution in [3.05, 3.63) is 40.3 Å². The van der Waals surface area contributed by atoms with Crippen LogP contribution in [0.15, 0.2) is 34.0 Å². The first-order chi connectivity index (χ1) is 12.3. The van der Waals surface area contributed by atoms with Crippen LogP contribution >= 0.6 is 0 Å². The lowest BCUT2D eigenvalue weighted by Crippen LogP contribution is -2.36. The largest absolute Gasteiger partial charge is 0.369 e. The fraction of sp³-hybridized carbons (Fsp3) is 0.438. The number of aryl methyl sites for hydroxylation is 1. The molecule has 2 aromatic rings. The molecule has 1 aromatic carbocycles. The standard InChI is InChI=1S/C16H24N6O3S/c1-4-21(5-2)15-19-14(17)22(16(23)20-15)11-10-18-26(24,25)13-8-6-12(3)7-9-13/h6-9,18H,4-5,10-11H2,1-3H3,(H2,17,19,20,23). The summed E-state index contributed by atoms with van der Waals surface area (Å²) in [4.78, 5) is 22.2. The molecular formula is C16H24N6O3S. The van der Waals surface area contributed by atoms with Crippen LogP contribution in [-0.2, 0) is 16.6 Å². The summed E-state index contributed by atoms with van der Waals surface area (Å²) in [5.41, 5.74) is 6.26. The molecule has 0 radical (unpaired) electrons. The molecule has 9 nitrogen and oxygen atoms in total. The van der Waals surface area contributed by atoms with E-state index in [4.69, 9.17) is 5.73 Å². The number of nitrogen functional groups attached to an aromatic ring is 1. The summed E-state index contributed by atoms with van der Waals surface area (Å²) in [5.74, 6) is 0.274. The third-order valence-corrected chi connectivity index (χ3v) is 5.40. The number of sulfonamides is 1. The summed E-state index contributed by atoms with van der Waals surface area (Å²) >= 11 is 0. The first kappa shape index (κ1) is 19.9. The Morgan fingerprint density at radius 1 is 1.15 bits per heavy atom. The predicted octanol–water partition coefficient (Wildman–Crippen LogP) is 0.354. The van der Waals surface area contributed by atoms with Crippen molar-refractivity contribution in [3.63, 3.8) is 0 Å². The average Bonchev–Trinajstić information content (AvgIpc) is 2.59. The van der Waals surface area contributed by atoms with Crippen molar-refractivity contribution < 1.29 is 8.42 Å². The number of anilines is 2. The number of hydrogen-bond donors (Lipinski definition) is 2. The van der Waals surface area contributed by atoms with Crippen LogP contribution in [0.3, 0.4) is 0 Å². The fourth-order valence-corrected chi connectivity index (χ4v) is 3.40. The fourth-order valence-electron chi connectivity index (χ4n) is 2.38. The molecule has 26 heavy (non-hydrogen) atoms. The van der Waals surface area contributed by atoms with Crippen LogP contribution in [0, 0.1) is 6.92 Å². The van der Waals surface area contributed by atoms with E-state index in [1.165, 1.54) is 12.1 Å². The van der Waals surface area contributed by atoms with Crippen LogP contribution in [0.5, 0.6) is 0 Å². The summed E-state index contributed by atoms with van der Waals surface area (Å²) in [6.45, 7) is 7.05. The van der Waals surface area contributed by atoms with E-state index in [-0.39, 0.29) is 29.9 Å². The Labute approximate surface area is 152 Å². The van der Waals surface area contributed by atoms with E-state index in [9.17, 15) is 13.2 Å². The topological polar surface area (TPSA) is 123 Å². The average molecular weight is 380 g/mol. The quantitative estimate of drug-likeness (QED) is 0.677. The van der Waals surface area contributed by atoms with E-state index in [1.807, 2.05) is 25.7 Å². The number of hydrogen-bond acceptors (Lipinski definition) is 7. The molecule has 0 saturated carbocycles. The molecule has 3 N–H and O–H groups in total. The van der Waals surface area contributed by atoms with Gasteiger partial charge in [-0.25, -0.2) is 17.9 Å². The summed E-state index contributed by atoms with van der Waals surface area (Å²) in [7, 11) is -3.66. The van der Waals surface area contributed by atoms with Gasteiger partial charge in [-0.05, 0) is 32.9 Å². The zero-order chi connectivity index (χ0) is 19.3. The number of nitrogens with zero attached hydrogens (tertiary/aromatic N) is 4. The maximum Gasteiger partial charge on any atom is 0.353 e. The molecule has 142 valence electrons. The summed E-state index contributed by atoms with van der Waals surface area (Å²) in [5, 5.41) is 0. The minimum absolute atomic E-state index is 0.00133. The highest BCUT2D eigenvalue weighted by atomic mass is 32.2. The van der Waals surface area contributed by atoms with Gasteiger partial charge in [0.1, 0.15) is 0 Å². The number of rotatable bonds is 8. The number of nitrogens with two attached hydrogens (primary N) is 1. The van der Waals surface area contributed by atoms with Crippen LogP contribution in [0.25, 0.3) is 0 Å². The number of aromatic nitrogens is 3. The monoisotopic (exact) mass is 380 g/mol. The van der Waals surface area contributed by atoms with Crippen molar-refractivity contribution in [1.29, 1.82) is 0 Å². The second kappa shape index (κ2) is 8.28. The van der Waals surface area contributed by atoms with Gasteiger partial charge in [0.15, 0.2) is 0 Å². The minimum Gasteiger partial charge on any atom is -0.369 e. The Bertz CT molecular complexity index is 905. The highest BCUT2D eigenvalue weighted by Gasteiger charge is 2.15. The van der Waals surface area contributed by atoms with Gasteiger partial charge >= 0.3 is 5.69 Å². The van der Waals surface area contributed by atoms with Crippen LogP contribution in [-0.4, -0.2) is 42.6 Å². The van der Waals surface area contributed by atoms with Gasteiger partial charge < -0.3 is 10.6 Å². The normalized spacial score (nSPS) is 11.5. The Kier molecular flexibility index (Phi) is 6.32. The number of benzene rings is 1. The van der Waals surface area contributed by atoms with E-state index in [0.717, 1.165) is 10.1 Å². The van der Waals surface area contributed by atoms with Crippen LogP contribution in [0.4, 0.5) is 11.9 Å². The Morgan fingerprint density at radius 2 is 1.77 bits per heavy atom. The SMILES string of the molecule is CCN(CC)c1nc(N)n(CCNS(=O)(=O)c2ccc(C)cc2)c(=O)n1. The van der Waals surface area contributed by atoms with Gasteiger partial charge in [-0.3, -0.25) is 4.57 Å². The molecule has 2 rings (SSSR count). The molecule has 1 heterocycles. The van der Waals surface area contributed by atoms with Gasteiger partial charge in [-0.2, -0.15) is 9.97 Å². The Balaban J connectivity index is 2.10. The third-order valence-electron chi connectivity index (χ3n) is 3.92. The molecule has 0 fully saturated rings. The van der Waals surface area contributed by atoms with Crippen molar-refractivity contribution in [2.75, 3.05) is 30.3 Å². The highest BCUT2D eigenvalue weighted by molar-refractivity contribution is 7.89. The minimum atomic E-state index is -3.66. The summed E-state index contributed by atoms with van der Waals surface area (Å²) in [6, 6.07) is 6.49. The van der Waals surface area contributed by atoms with E-state index >= 15 is 0 Å². The molecule has 10 heteroatoms. The first-order valence-electron chi connectivity index (χ1n) is 8.34. The molecule has 0 amide bonds. The van der Waals surface area contributed by atoms with Gasteiger partial charge in [0, 0.05) is 26.2 Å². The van der Waals surface area contributed by atoms with Gasteiger partial charge in [0.05, 0.1) is 4.90 Å². The molecule has 0 saturated heterocycles. The molecule has 0 bridgehead atoms. The highest BCUT2D eigenvalue weighted by Crippen LogP contribution is 2.10.